The molecule has 3 aromatic rings. The van der Waals surface area contributed by atoms with Crippen molar-refractivity contribution >= 4 is 22.6 Å². The molecular formula is C25H28N6O2. The van der Waals surface area contributed by atoms with Gasteiger partial charge in [0.15, 0.2) is 0 Å². The number of carbonyl (C=O) groups excluding carboxylic acids is 1. The predicted molar refractivity (Wildman–Crippen MR) is 126 cm³/mol. The van der Waals surface area contributed by atoms with Crippen LogP contribution in [0.4, 0.5) is 5.82 Å². The molecule has 2 aromatic heterocycles. The number of nitrogens with one attached hydrogen (secondary N) is 1. The van der Waals surface area contributed by atoms with Crippen LogP contribution in [0, 0.1) is 11.3 Å². The molecule has 1 saturated heterocycles. The number of H-pyrrole nitrogens is 1. The van der Waals surface area contributed by atoms with E-state index in [0.29, 0.717) is 44.1 Å². The predicted octanol–water partition coefficient (Wildman–Crippen LogP) is 3.45. The van der Waals surface area contributed by atoms with E-state index in [0.717, 1.165) is 46.4 Å². The zero-order valence-electron chi connectivity index (χ0n) is 19.0. The van der Waals surface area contributed by atoms with Crippen molar-refractivity contribution in [3.05, 3.63) is 41.7 Å². The summed E-state index contributed by atoms with van der Waals surface area (Å²) < 4.78 is 5.06. The number of fused-ring (bicyclic) bond motifs is 1. The van der Waals surface area contributed by atoms with Crippen LogP contribution >= 0.6 is 0 Å². The molecule has 5 rings (SSSR count). The molecule has 1 aliphatic heterocycles. The number of anilines is 1. The number of ether oxygens (including phenoxy) is 1. The molecule has 0 radical (unpaired) electrons. The van der Waals surface area contributed by atoms with Crippen LogP contribution in [0.15, 0.2) is 30.5 Å². The highest BCUT2D eigenvalue weighted by atomic mass is 16.5. The van der Waals surface area contributed by atoms with Crippen LogP contribution in [0.25, 0.3) is 22.0 Å². The minimum Gasteiger partial charge on any atom is -0.384 e. The van der Waals surface area contributed by atoms with Crippen molar-refractivity contribution in [1.82, 2.24) is 20.1 Å². The Morgan fingerprint density at radius 1 is 1.30 bits per heavy atom. The minimum atomic E-state index is 0.0418. The van der Waals surface area contributed by atoms with Gasteiger partial charge in [-0.05, 0) is 37.5 Å². The third-order valence-corrected chi connectivity index (χ3v) is 6.66. The molecule has 33 heavy (non-hydrogen) atoms. The Labute approximate surface area is 193 Å². The summed E-state index contributed by atoms with van der Waals surface area (Å²) in [4.78, 5) is 21.7. The molecule has 2 aliphatic rings. The average Bonchev–Trinajstić information content (AvgIpc) is 3.57. The molecule has 8 heteroatoms. The second-order valence-corrected chi connectivity index (χ2v) is 8.94. The summed E-state index contributed by atoms with van der Waals surface area (Å²) in [6.07, 6.45) is 4.46. The van der Waals surface area contributed by atoms with E-state index in [1.165, 1.54) is 0 Å². The number of nitriles is 1. The van der Waals surface area contributed by atoms with Gasteiger partial charge in [-0.15, -0.1) is 0 Å². The van der Waals surface area contributed by atoms with E-state index in [4.69, 9.17) is 9.72 Å². The van der Waals surface area contributed by atoms with E-state index >= 15 is 0 Å². The molecule has 1 saturated carbocycles. The molecule has 1 atom stereocenters. The summed E-state index contributed by atoms with van der Waals surface area (Å²) in [7, 11) is 1.61. The third-order valence-electron chi connectivity index (χ3n) is 6.66. The molecule has 3 heterocycles. The van der Waals surface area contributed by atoms with E-state index in [1.54, 1.807) is 7.11 Å². The number of amides is 1. The number of hydrogen-bond donors (Lipinski definition) is 1. The molecular weight excluding hydrogens is 416 g/mol. The van der Waals surface area contributed by atoms with Crippen molar-refractivity contribution in [3.8, 4) is 17.2 Å². The largest absolute Gasteiger partial charge is 0.384 e. The van der Waals surface area contributed by atoms with Gasteiger partial charge < -0.3 is 14.5 Å². The number of methoxy groups -OCH3 is 1. The Morgan fingerprint density at radius 3 is 2.88 bits per heavy atom. The van der Waals surface area contributed by atoms with Gasteiger partial charge in [-0.2, -0.15) is 10.4 Å². The fourth-order valence-corrected chi connectivity index (χ4v) is 4.78. The van der Waals surface area contributed by atoms with Gasteiger partial charge in [0.2, 0.25) is 5.91 Å². The summed E-state index contributed by atoms with van der Waals surface area (Å²) in [5, 5.41) is 18.3. The summed E-state index contributed by atoms with van der Waals surface area (Å²) >= 11 is 0. The quantitative estimate of drug-likeness (QED) is 0.625. The first kappa shape index (κ1) is 21.4. The summed E-state index contributed by atoms with van der Waals surface area (Å²) in [5.41, 5.74) is 4.68. The Bertz CT molecular complexity index is 1230. The van der Waals surface area contributed by atoms with Crippen molar-refractivity contribution in [2.45, 2.75) is 38.1 Å². The maximum atomic E-state index is 12.5. The van der Waals surface area contributed by atoms with Crippen molar-refractivity contribution < 1.29 is 9.53 Å². The van der Waals surface area contributed by atoms with Gasteiger partial charge in [0.25, 0.3) is 0 Å². The van der Waals surface area contributed by atoms with E-state index in [2.05, 4.69) is 34.2 Å². The van der Waals surface area contributed by atoms with E-state index in [9.17, 15) is 10.1 Å². The number of rotatable bonds is 6. The number of benzene rings is 1. The molecule has 1 amide bonds. The van der Waals surface area contributed by atoms with Crippen LogP contribution in [0.1, 0.15) is 43.4 Å². The number of aromatic amines is 1. The van der Waals surface area contributed by atoms with E-state index in [1.807, 2.05) is 29.3 Å². The van der Waals surface area contributed by atoms with Gasteiger partial charge in [-0.1, -0.05) is 12.1 Å². The number of pyridine rings is 1. The maximum absolute atomic E-state index is 12.5. The topological polar surface area (TPSA) is 98.1 Å². The average molecular weight is 445 g/mol. The number of nitrogens with zero attached hydrogens (tertiary/aromatic N) is 5. The van der Waals surface area contributed by atoms with Crippen LogP contribution in [0.5, 0.6) is 0 Å². The smallest absolute Gasteiger partial charge is 0.225 e. The second kappa shape index (κ2) is 8.83. The summed E-state index contributed by atoms with van der Waals surface area (Å²) in [6, 6.07) is 10.5. The molecule has 1 N–H and O–H groups in total. The fraction of sp³-hybridized carbons (Fsp3) is 0.440. The van der Waals surface area contributed by atoms with E-state index < -0.39 is 0 Å². The number of hydrogen-bond acceptors (Lipinski definition) is 6. The lowest BCUT2D eigenvalue weighted by atomic mass is 9.96. The zero-order chi connectivity index (χ0) is 22.9. The Kier molecular flexibility index (Phi) is 5.73. The van der Waals surface area contributed by atoms with Gasteiger partial charge in [0.05, 0.1) is 36.0 Å². The molecule has 0 unspecified atom stereocenters. The molecule has 0 bridgehead atoms. The number of piperazine rings is 1. The molecule has 170 valence electrons. The maximum Gasteiger partial charge on any atom is 0.225 e. The molecule has 2 fully saturated rings. The fourth-order valence-electron chi connectivity index (χ4n) is 4.78. The summed E-state index contributed by atoms with van der Waals surface area (Å²) in [6.45, 7) is 4.41. The van der Waals surface area contributed by atoms with Crippen molar-refractivity contribution in [1.29, 1.82) is 5.26 Å². The number of carbonyl (C=O) groups is 1. The lowest BCUT2D eigenvalue weighted by Gasteiger charge is -2.41. The number of aromatic nitrogens is 3. The lowest BCUT2D eigenvalue weighted by molar-refractivity contribution is -0.134. The molecule has 1 aliphatic carbocycles. The van der Waals surface area contributed by atoms with Gasteiger partial charge >= 0.3 is 0 Å². The highest BCUT2D eigenvalue weighted by molar-refractivity contribution is 5.95. The van der Waals surface area contributed by atoms with Crippen molar-refractivity contribution in [2.75, 3.05) is 38.3 Å². The first-order valence-corrected chi connectivity index (χ1v) is 11.5. The first-order valence-electron chi connectivity index (χ1n) is 11.5. The highest BCUT2D eigenvalue weighted by Crippen LogP contribution is 2.46. The van der Waals surface area contributed by atoms with Gasteiger partial charge in [0.1, 0.15) is 11.9 Å². The molecule has 0 spiro atoms. The normalized spacial score (nSPS) is 18.5. The van der Waals surface area contributed by atoms with Crippen molar-refractivity contribution in [3.63, 3.8) is 0 Å². The van der Waals surface area contributed by atoms with Gasteiger partial charge in [-0.25, -0.2) is 4.98 Å². The Morgan fingerprint density at radius 2 is 2.15 bits per heavy atom. The van der Waals surface area contributed by atoms with Crippen LogP contribution < -0.4 is 4.90 Å². The minimum absolute atomic E-state index is 0.0418. The highest BCUT2D eigenvalue weighted by Gasteiger charge is 2.33. The molecule has 8 nitrogen and oxygen atoms in total. The van der Waals surface area contributed by atoms with Crippen LogP contribution in [-0.2, 0) is 9.53 Å². The van der Waals surface area contributed by atoms with Crippen molar-refractivity contribution in [2.24, 2.45) is 0 Å². The van der Waals surface area contributed by atoms with Gasteiger partial charge in [0, 0.05) is 49.7 Å². The monoisotopic (exact) mass is 444 g/mol. The molecule has 1 aromatic carbocycles. The Hall–Kier alpha value is -3.44. The third kappa shape index (κ3) is 4.05. The van der Waals surface area contributed by atoms with Crippen LogP contribution in [0.3, 0.4) is 0 Å². The standard InChI is InChI=1S/C25H28N6O2/c1-16-15-30(9-10-31(16)23(32)8-11-33-2)25-18(13-26)12-20(24(28-25)17-6-7-17)19-4-3-5-22-21(19)14-27-29-22/h3-5,12,14,16-17H,6-11,15H2,1-2H3,(H,27,29)/t16-/m1/s1. The second-order valence-electron chi connectivity index (χ2n) is 8.94. The Balaban J connectivity index is 1.49. The zero-order valence-corrected chi connectivity index (χ0v) is 19.0. The van der Waals surface area contributed by atoms with E-state index in [-0.39, 0.29) is 11.9 Å². The first-order chi connectivity index (χ1) is 16.1. The van der Waals surface area contributed by atoms with Crippen LogP contribution in [0.2, 0.25) is 0 Å². The summed E-state index contributed by atoms with van der Waals surface area (Å²) in [5.74, 6) is 1.26. The van der Waals surface area contributed by atoms with Gasteiger partial charge in [-0.3, -0.25) is 9.89 Å². The lowest BCUT2D eigenvalue weighted by Crippen LogP contribution is -2.54. The SMILES string of the molecule is COCCC(=O)N1CCN(c2nc(C3CC3)c(-c3cccc4[nH]ncc34)cc2C#N)C[C@H]1C. The van der Waals surface area contributed by atoms with Crippen LogP contribution in [-0.4, -0.2) is 65.4 Å².